The Morgan fingerprint density at radius 2 is 2.35 bits per heavy atom. The zero-order valence-corrected chi connectivity index (χ0v) is 10.3. The van der Waals surface area contributed by atoms with Crippen LogP contribution in [0.5, 0.6) is 0 Å². The smallest absolute Gasteiger partial charge is 0.233 e. The Labute approximate surface area is 104 Å². The number of hydrogen-bond acceptors (Lipinski definition) is 5. The van der Waals surface area contributed by atoms with E-state index in [0.29, 0.717) is 24.7 Å². The molecule has 1 fully saturated rings. The van der Waals surface area contributed by atoms with Crippen LogP contribution in [0.15, 0.2) is 4.52 Å². The molecule has 0 saturated heterocycles. The Morgan fingerprint density at radius 3 is 2.82 bits per heavy atom. The molecule has 3 N–H and O–H groups in total. The molecule has 0 atom stereocenters. The van der Waals surface area contributed by atoms with Crippen LogP contribution in [0.2, 0.25) is 0 Å². The van der Waals surface area contributed by atoms with Gasteiger partial charge in [-0.25, -0.2) is 0 Å². The summed E-state index contributed by atoms with van der Waals surface area (Å²) in [6.07, 6.45) is 2.00. The number of nitrogens with zero attached hydrogens (tertiary/aromatic N) is 2. The molecule has 0 aliphatic heterocycles. The van der Waals surface area contributed by atoms with E-state index in [1.807, 2.05) is 0 Å². The molecule has 1 saturated carbocycles. The zero-order chi connectivity index (χ0) is 12.5. The summed E-state index contributed by atoms with van der Waals surface area (Å²) in [7, 11) is 0. The third kappa shape index (κ3) is 2.44. The molecule has 6 nitrogen and oxygen atoms in total. The Hall–Kier alpha value is -1.50. The Morgan fingerprint density at radius 1 is 1.65 bits per heavy atom. The van der Waals surface area contributed by atoms with Gasteiger partial charge in [0.05, 0.1) is 10.4 Å². The fraction of sp³-hybridized carbons (Fsp3) is 0.600. The third-order valence-corrected chi connectivity index (χ3v) is 3.24. The molecule has 0 bridgehead atoms. The van der Waals surface area contributed by atoms with Crippen molar-refractivity contribution in [1.82, 2.24) is 15.5 Å². The summed E-state index contributed by atoms with van der Waals surface area (Å²) in [5.41, 5.74) is 4.95. The minimum atomic E-state index is -0.597. The molecule has 17 heavy (non-hydrogen) atoms. The molecule has 0 aromatic carbocycles. The van der Waals surface area contributed by atoms with E-state index in [-0.39, 0.29) is 10.9 Å². The van der Waals surface area contributed by atoms with Crippen molar-refractivity contribution in [2.24, 2.45) is 11.1 Å². The number of carbonyl (C=O) groups is 1. The quantitative estimate of drug-likeness (QED) is 0.724. The number of rotatable bonds is 5. The molecule has 0 spiro atoms. The van der Waals surface area contributed by atoms with Crippen molar-refractivity contribution in [3.05, 3.63) is 11.7 Å². The summed E-state index contributed by atoms with van der Waals surface area (Å²) in [5, 5.41) is 6.45. The predicted molar refractivity (Wildman–Crippen MR) is 64.2 cm³/mol. The molecule has 2 rings (SSSR count). The first kappa shape index (κ1) is 12.0. The second-order valence-electron chi connectivity index (χ2n) is 4.19. The average molecular weight is 254 g/mol. The van der Waals surface area contributed by atoms with Crippen LogP contribution in [0.1, 0.15) is 24.6 Å². The van der Waals surface area contributed by atoms with E-state index in [4.69, 9.17) is 22.5 Å². The lowest BCUT2D eigenvalue weighted by atomic mass is 10.1. The van der Waals surface area contributed by atoms with Crippen molar-refractivity contribution in [2.75, 3.05) is 6.54 Å². The van der Waals surface area contributed by atoms with Crippen LogP contribution in [0.4, 0.5) is 0 Å². The van der Waals surface area contributed by atoms with Crippen LogP contribution in [0, 0.1) is 12.3 Å². The molecule has 1 aliphatic rings. The fourth-order valence-electron chi connectivity index (χ4n) is 1.60. The van der Waals surface area contributed by atoms with Gasteiger partial charge in [0.25, 0.3) is 0 Å². The number of nitrogens with one attached hydrogen (secondary N) is 1. The van der Waals surface area contributed by atoms with Crippen LogP contribution in [0.25, 0.3) is 0 Å². The maximum Gasteiger partial charge on any atom is 0.233 e. The molecule has 1 aromatic rings. The molecular weight excluding hydrogens is 240 g/mol. The van der Waals surface area contributed by atoms with E-state index >= 15 is 0 Å². The highest BCUT2D eigenvalue weighted by Gasteiger charge is 2.52. The Bertz CT molecular complexity index is 453. The SMILES string of the molecule is Cc1noc(CCNC(=O)C2(C(N)=S)CC2)n1. The van der Waals surface area contributed by atoms with Gasteiger partial charge in [-0.2, -0.15) is 4.98 Å². The van der Waals surface area contributed by atoms with Gasteiger partial charge in [0.2, 0.25) is 11.8 Å². The fourth-order valence-corrected chi connectivity index (χ4v) is 1.90. The van der Waals surface area contributed by atoms with Crippen molar-refractivity contribution in [3.8, 4) is 0 Å². The molecule has 0 unspecified atom stereocenters. The van der Waals surface area contributed by atoms with Gasteiger partial charge < -0.3 is 15.6 Å². The van der Waals surface area contributed by atoms with Crippen molar-refractivity contribution >= 4 is 23.1 Å². The number of thiocarbonyl (C=S) groups is 1. The van der Waals surface area contributed by atoms with Crippen LogP contribution < -0.4 is 11.1 Å². The summed E-state index contributed by atoms with van der Waals surface area (Å²) in [6.45, 7) is 2.20. The number of aromatic nitrogens is 2. The van der Waals surface area contributed by atoms with Crippen molar-refractivity contribution in [3.63, 3.8) is 0 Å². The van der Waals surface area contributed by atoms with Gasteiger partial charge in [-0.1, -0.05) is 17.4 Å². The number of hydrogen-bond donors (Lipinski definition) is 2. The largest absolute Gasteiger partial charge is 0.392 e. The minimum absolute atomic E-state index is 0.0961. The molecular formula is C10H14N4O2S. The van der Waals surface area contributed by atoms with E-state index in [9.17, 15) is 4.79 Å². The monoisotopic (exact) mass is 254 g/mol. The van der Waals surface area contributed by atoms with Gasteiger partial charge in [-0.05, 0) is 19.8 Å². The van der Waals surface area contributed by atoms with Gasteiger partial charge in [0, 0.05) is 13.0 Å². The highest BCUT2D eigenvalue weighted by molar-refractivity contribution is 7.80. The summed E-state index contributed by atoms with van der Waals surface area (Å²) < 4.78 is 4.93. The van der Waals surface area contributed by atoms with Crippen LogP contribution in [0.3, 0.4) is 0 Å². The van der Waals surface area contributed by atoms with E-state index in [1.54, 1.807) is 6.92 Å². The zero-order valence-electron chi connectivity index (χ0n) is 9.52. The first-order chi connectivity index (χ1) is 8.04. The van der Waals surface area contributed by atoms with Gasteiger partial charge >= 0.3 is 0 Å². The van der Waals surface area contributed by atoms with Crippen LogP contribution in [-0.4, -0.2) is 27.6 Å². The lowest BCUT2D eigenvalue weighted by Gasteiger charge is -2.12. The van der Waals surface area contributed by atoms with Gasteiger partial charge in [-0.15, -0.1) is 0 Å². The highest BCUT2D eigenvalue weighted by Crippen LogP contribution is 2.46. The summed E-state index contributed by atoms with van der Waals surface area (Å²) >= 11 is 4.89. The number of amides is 1. The molecule has 0 radical (unpaired) electrons. The summed E-state index contributed by atoms with van der Waals surface area (Å²) in [4.78, 5) is 16.1. The number of carbonyl (C=O) groups excluding carboxylic acids is 1. The summed E-state index contributed by atoms with van der Waals surface area (Å²) in [5.74, 6) is 1.01. The van der Waals surface area contributed by atoms with Gasteiger partial charge in [0.1, 0.15) is 0 Å². The van der Waals surface area contributed by atoms with Gasteiger partial charge in [0.15, 0.2) is 5.82 Å². The van der Waals surface area contributed by atoms with E-state index in [0.717, 1.165) is 12.8 Å². The highest BCUT2D eigenvalue weighted by atomic mass is 32.1. The summed E-state index contributed by atoms with van der Waals surface area (Å²) in [6, 6.07) is 0. The normalized spacial score (nSPS) is 16.5. The number of aryl methyl sites for hydroxylation is 1. The Kier molecular flexibility index (Phi) is 3.10. The maximum absolute atomic E-state index is 11.8. The van der Waals surface area contributed by atoms with Crippen molar-refractivity contribution in [1.29, 1.82) is 0 Å². The second kappa shape index (κ2) is 4.40. The third-order valence-electron chi connectivity index (χ3n) is 2.85. The first-order valence-corrected chi connectivity index (χ1v) is 5.83. The average Bonchev–Trinajstić information content (AvgIpc) is 2.99. The first-order valence-electron chi connectivity index (χ1n) is 5.42. The molecule has 1 aliphatic carbocycles. The van der Waals surface area contributed by atoms with E-state index in [1.165, 1.54) is 0 Å². The van der Waals surface area contributed by atoms with E-state index < -0.39 is 5.41 Å². The van der Waals surface area contributed by atoms with E-state index in [2.05, 4.69) is 15.5 Å². The number of nitrogens with two attached hydrogens (primary N) is 1. The molecule has 1 heterocycles. The lowest BCUT2D eigenvalue weighted by molar-refractivity contribution is -0.123. The second-order valence-corrected chi connectivity index (χ2v) is 4.63. The molecule has 1 amide bonds. The standard InChI is InChI=1S/C10H14N4O2S/c1-6-13-7(16-14-6)2-5-12-9(15)10(3-4-10)8(11)17/h2-5H2,1H3,(H2,11,17)(H,12,15). The molecule has 7 heteroatoms. The van der Waals surface area contributed by atoms with Crippen LogP contribution in [-0.2, 0) is 11.2 Å². The van der Waals surface area contributed by atoms with Crippen molar-refractivity contribution in [2.45, 2.75) is 26.2 Å². The topological polar surface area (TPSA) is 94.0 Å². The predicted octanol–water partition coefficient (Wildman–Crippen LogP) is 0.103. The molecule has 92 valence electrons. The van der Waals surface area contributed by atoms with Crippen molar-refractivity contribution < 1.29 is 9.32 Å². The maximum atomic E-state index is 11.8. The minimum Gasteiger partial charge on any atom is -0.392 e. The lowest BCUT2D eigenvalue weighted by Crippen LogP contribution is -2.40. The molecule has 1 aromatic heterocycles. The van der Waals surface area contributed by atoms with Gasteiger partial charge in [-0.3, -0.25) is 4.79 Å². The Balaban J connectivity index is 1.79. The van der Waals surface area contributed by atoms with Crippen LogP contribution >= 0.6 is 12.2 Å².